The topological polar surface area (TPSA) is 73.6 Å². The second kappa shape index (κ2) is 7.99. The maximum atomic E-state index is 12.9. The lowest BCUT2D eigenvalue weighted by atomic mass is 9.87. The van der Waals surface area contributed by atoms with E-state index in [0.717, 1.165) is 19.3 Å². The molecule has 3 aromatic rings. The Balaban J connectivity index is 1.58. The maximum absolute atomic E-state index is 12.9. The predicted octanol–water partition coefficient (Wildman–Crippen LogP) is 4.47. The average molecular weight is 392 g/mol. The van der Waals surface area contributed by atoms with Gasteiger partial charge in [0.15, 0.2) is 17.2 Å². The zero-order chi connectivity index (χ0) is 20.4. The zero-order valence-corrected chi connectivity index (χ0v) is 16.8. The summed E-state index contributed by atoms with van der Waals surface area (Å²) < 4.78 is 16.4. The summed E-state index contributed by atoms with van der Waals surface area (Å²) in [7, 11) is 3.15. The summed E-state index contributed by atoms with van der Waals surface area (Å²) in [5.74, 6) is 1.83. The van der Waals surface area contributed by atoms with Gasteiger partial charge in [0, 0.05) is 5.56 Å². The largest absolute Gasteiger partial charge is 0.493 e. The third-order valence-corrected chi connectivity index (χ3v) is 5.32. The number of hydrogen-bond donors (Lipinski definition) is 1. The Labute approximate surface area is 169 Å². The summed E-state index contributed by atoms with van der Waals surface area (Å²) in [5.41, 5.74) is 3.51. The molecule has 4 rings (SSSR count). The van der Waals surface area contributed by atoms with Crippen LogP contribution in [0.15, 0.2) is 46.9 Å². The number of hydrogen-bond acceptors (Lipinski definition) is 5. The quantitative estimate of drug-likeness (QED) is 0.693. The average Bonchev–Trinajstić information content (AvgIpc) is 3.15. The van der Waals surface area contributed by atoms with Gasteiger partial charge in [-0.15, -0.1) is 0 Å². The zero-order valence-electron chi connectivity index (χ0n) is 16.8. The number of aryl methyl sites for hydroxylation is 2. The fraction of sp³-hybridized carbons (Fsp3) is 0.304. The first kappa shape index (κ1) is 19.1. The molecule has 1 heterocycles. The van der Waals surface area contributed by atoms with Gasteiger partial charge in [0.25, 0.3) is 5.91 Å². The Morgan fingerprint density at radius 3 is 2.72 bits per heavy atom. The molecule has 1 unspecified atom stereocenters. The molecule has 0 fully saturated rings. The fourth-order valence-corrected chi connectivity index (χ4v) is 3.83. The van der Waals surface area contributed by atoms with Gasteiger partial charge >= 0.3 is 0 Å². The van der Waals surface area contributed by atoms with Gasteiger partial charge in [0.1, 0.15) is 5.76 Å². The number of methoxy groups -OCH3 is 2. The van der Waals surface area contributed by atoms with Crippen molar-refractivity contribution in [3.8, 4) is 23.0 Å². The highest BCUT2D eigenvalue weighted by atomic mass is 16.5. The van der Waals surface area contributed by atoms with Gasteiger partial charge in [-0.3, -0.25) is 4.79 Å². The van der Waals surface area contributed by atoms with Crippen molar-refractivity contribution in [3.63, 3.8) is 0 Å². The van der Waals surface area contributed by atoms with Crippen LogP contribution in [-0.4, -0.2) is 25.1 Å². The van der Waals surface area contributed by atoms with Gasteiger partial charge in [0.05, 0.1) is 20.3 Å². The summed E-state index contributed by atoms with van der Waals surface area (Å²) in [6.07, 6.45) is 3.02. The minimum Gasteiger partial charge on any atom is -0.493 e. The molecule has 150 valence electrons. The monoisotopic (exact) mass is 392 g/mol. The van der Waals surface area contributed by atoms with Crippen molar-refractivity contribution < 1.29 is 18.7 Å². The van der Waals surface area contributed by atoms with Crippen LogP contribution in [0.4, 0.5) is 0 Å². The van der Waals surface area contributed by atoms with Crippen LogP contribution in [0.1, 0.15) is 46.3 Å². The van der Waals surface area contributed by atoms with Crippen LogP contribution in [-0.2, 0) is 6.42 Å². The lowest BCUT2D eigenvalue weighted by Crippen LogP contribution is -2.31. The van der Waals surface area contributed by atoms with Crippen LogP contribution in [0, 0.1) is 6.92 Å². The Morgan fingerprint density at radius 1 is 1.14 bits per heavy atom. The van der Waals surface area contributed by atoms with Crippen molar-refractivity contribution in [2.75, 3.05) is 14.2 Å². The summed E-state index contributed by atoms with van der Waals surface area (Å²) >= 11 is 0. The lowest BCUT2D eigenvalue weighted by Gasteiger charge is -2.26. The van der Waals surface area contributed by atoms with E-state index >= 15 is 0 Å². The molecule has 1 N–H and O–H groups in total. The molecule has 0 saturated carbocycles. The second-order valence-corrected chi connectivity index (χ2v) is 7.11. The highest BCUT2D eigenvalue weighted by molar-refractivity contribution is 5.94. The minimum absolute atomic E-state index is 0.00641. The van der Waals surface area contributed by atoms with Crippen molar-refractivity contribution in [1.82, 2.24) is 10.3 Å². The van der Waals surface area contributed by atoms with Crippen LogP contribution in [0.5, 0.6) is 11.5 Å². The van der Waals surface area contributed by atoms with E-state index in [1.165, 1.54) is 11.1 Å². The molecule has 1 atom stereocenters. The molecule has 0 bridgehead atoms. The summed E-state index contributed by atoms with van der Waals surface area (Å²) in [5, 5.41) is 3.13. The van der Waals surface area contributed by atoms with E-state index in [0.29, 0.717) is 34.4 Å². The van der Waals surface area contributed by atoms with Gasteiger partial charge in [-0.05, 0) is 55.5 Å². The van der Waals surface area contributed by atoms with Gasteiger partial charge in [-0.2, -0.15) is 0 Å². The second-order valence-electron chi connectivity index (χ2n) is 7.11. The van der Waals surface area contributed by atoms with E-state index in [2.05, 4.69) is 22.4 Å². The van der Waals surface area contributed by atoms with Gasteiger partial charge < -0.3 is 19.2 Å². The van der Waals surface area contributed by atoms with Crippen molar-refractivity contribution >= 4 is 5.91 Å². The third kappa shape index (κ3) is 3.70. The normalized spacial score (nSPS) is 15.5. The van der Waals surface area contributed by atoms with Crippen LogP contribution in [0.3, 0.4) is 0 Å². The molecular weight excluding hydrogens is 368 g/mol. The lowest BCUT2D eigenvalue weighted by molar-refractivity contribution is 0.0927. The number of amides is 1. The number of aromatic nitrogens is 1. The number of oxazole rings is 1. The molecule has 1 amide bonds. The summed E-state index contributed by atoms with van der Waals surface area (Å²) in [6, 6.07) is 13.7. The van der Waals surface area contributed by atoms with Crippen molar-refractivity contribution in [2.45, 2.75) is 32.2 Å². The van der Waals surface area contributed by atoms with Crippen LogP contribution in [0.25, 0.3) is 11.5 Å². The first-order valence-electron chi connectivity index (χ1n) is 9.69. The molecule has 6 heteroatoms. The van der Waals surface area contributed by atoms with E-state index in [4.69, 9.17) is 13.9 Å². The number of rotatable bonds is 5. The van der Waals surface area contributed by atoms with Gasteiger partial charge in [-0.1, -0.05) is 24.3 Å². The molecule has 1 aromatic heterocycles. The Hall–Kier alpha value is -3.28. The molecule has 0 saturated heterocycles. The standard InChI is InChI=1S/C23H24N2O4/c1-14-21(22(26)24-18-10-6-8-15-7-4-5-9-17(15)18)25-23(29-14)16-11-12-19(27-2)20(13-16)28-3/h4-5,7,9,11-13,18H,6,8,10H2,1-3H3,(H,24,26). The SMILES string of the molecule is COc1ccc(-c2nc(C(=O)NC3CCCc4ccccc43)c(C)o2)cc1OC. The van der Waals surface area contributed by atoms with E-state index in [-0.39, 0.29) is 11.9 Å². The number of nitrogens with one attached hydrogen (secondary N) is 1. The first-order chi connectivity index (χ1) is 14.1. The fourth-order valence-electron chi connectivity index (χ4n) is 3.83. The van der Waals surface area contributed by atoms with Crippen molar-refractivity contribution in [1.29, 1.82) is 0 Å². The number of nitrogens with zero attached hydrogens (tertiary/aromatic N) is 1. The molecule has 29 heavy (non-hydrogen) atoms. The molecule has 0 spiro atoms. The smallest absolute Gasteiger partial charge is 0.274 e. The van der Waals surface area contributed by atoms with E-state index in [9.17, 15) is 4.79 Å². The molecule has 2 aromatic carbocycles. The number of fused-ring (bicyclic) bond motifs is 1. The number of ether oxygens (including phenoxy) is 2. The molecule has 1 aliphatic rings. The highest BCUT2D eigenvalue weighted by Gasteiger charge is 2.25. The number of carbonyl (C=O) groups is 1. The molecular formula is C23H24N2O4. The van der Waals surface area contributed by atoms with E-state index < -0.39 is 0 Å². The van der Waals surface area contributed by atoms with E-state index in [1.807, 2.05) is 18.2 Å². The first-order valence-corrected chi connectivity index (χ1v) is 9.69. The van der Waals surface area contributed by atoms with Gasteiger partial charge in [-0.25, -0.2) is 4.98 Å². The van der Waals surface area contributed by atoms with E-state index in [1.54, 1.807) is 33.3 Å². The van der Waals surface area contributed by atoms with Crippen LogP contribution in [0.2, 0.25) is 0 Å². The number of benzene rings is 2. The Bertz CT molecular complexity index is 1040. The van der Waals surface area contributed by atoms with Gasteiger partial charge in [0.2, 0.25) is 5.89 Å². The van der Waals surface area contributed by atoms with Crippen molar-refractivity contribution in [2.24, 2.45) is 0 Å². The predicted molar refractivity (Wildman–Crippen MR) is 109 cm³/mol. The maximum Gasteiger partial charge on any atom is 0.274 e. The molecule has 0 aliphatic heterocycles. The van der Waals surface area contributed by atoms with Crippen LogP contribution < -0.4 is 14.8 Å². The summed E-state index contributed by atoms with van der Waals surface area (Å²) in [6.45, 7) is 1.75. The Morgan fingerprint density at radius 2 is 1.93 bits per heavy atom. The molecule has 1 aliphatic carbocycles. The summed E-state index contributed by atoms with van der Waals surface area (Å²) in [4.78, 5) is 17.4. The Kier molecular flexibility index (Phi) is 5.25. The third-order valence-electron chi connectivity index (χ3n) is 5.32. The minimum atomic E-state index is -0.223. The number of carbonyl (C=O) groups excluding carboxylic acids is 1. The van der Waals surface area contributed by atoms with Crippen molar-refractivity contribution in [3.05, 3.63) is 65.0 Å². The molecule has 6 nitrogen and oxygen atoms in total. The highest BCUT2D eigenvalue weighted by Crippen LogP contribution is 2.33. The van der Waals surface area contributed by atoms with Crippen LogP contribution >= 0.6 is 0 Å². The molecule has 0 radical (unpaired) electrons.